The number of fused-ring (bicyclic) bond motifs is 2. The molecule has 212 valence electrons. The van der Waals surface area contributed by atoms with Crippen LogP contribution in [0.15, 0.2) is 67.1 Å². The van der Waals surface area contributed by atoms with Crippen LogP contribution in [0.5, 0.6) is 0 Å². The van der Waals surface area contributed by atoms with Crippen LogP contribution in [0.3, 0.4) is 0 Å². The van der Waals surface area contributed by atoms with Gasteiger partial charge in [0, 0.05) is 43.3 Å². The van der Waals surface area contributed by atoms with E-state index < -0.39 is 0 Å². The molecule has 1 saturated heterocycles. The minimum absolute atomic E-state index is 0.175. The number of aromatic nitrogens is 4. The van der Waals surface area contributed by atoms with E-state index in [9.17, 15) is 4.79 Å². The standard InChI is InChI=1S/C33H39N7O/c1-22(2)31-27-16-25(24-12-14-39(15-13-24)20-30(41)38(3)4)10-11-28(27)37-32(31)26-17-29(33-35-21-36-40(33)19-26)34-18-23-8-6-5-7-9-23/h5-11,16-17,19,21-22,24,34,37H,12-15,18,20H2,1-4H3. The smallest absolute Gasteiger partial charge is 0.236 e. The maximum Gasteiger partial charge on any atom is 0.236 e. The van der Waals surface area contributed by atoms with Crippen molar-refractivity contribution < 1.29 is 4.79 Å². The molecule has 0 saturated carbocycles. The number of nitrogens with zero attached hydrogens (tertiary/aromatic N) is 5. The van der Waals surface area contributed by atoms with E-state index in [1.807, 2.05) is 24.7 Å². The minimum atomic E-state index is 0.175. The number of rotatable bonds is 8. The fraction of sp³-hybridized carbons (Fsp3) is 0.364. The number of carbonyl (C=O) groups excluding carboxylic acids is 1. The van der Waals surface area contributed by atoms with Crippen molar-refractivity contribution >= 4 is 28.1 Å². The summed E-state index contributed by atoms with van der Waals surface area (Å²) < 4.78 is 1.86. The predicted molar refractivity (Wildman–Crippen MR) is 165 cm³/mol. The molecule has 0 unspecified atom stereocenters. The van der Waals surface area contributed by atoms with Gasteiger partial charge in [0.25, 0.3) is 0 Å². The van der Waals surface area contributed by atoms with Crippen LogP contribution >= 0.6 is 0 Å². The lowest BCUT2D eigenvalue weighted by Gasteiger charge is -2.32. The van der Waals surface area contributed by atoms with E-state index in [-0.39, 0.29) is 5.91 Å². The van der Waals surface area contributed by atoms with E-state index in [1.165, 1.54) is 22.1 Å². The zero-order valence-electron chi connectivity index (χ0n) is 24.4. The van der Waals surface area contributed by atoms with Gasteiger partial charge in [-0.05, 0) is 72.7 Å². The molecule has 0 spiro atoms. The van der Waals surface area contributed by atoms with Gasteiger partial charge < -0.3 is 15.2 Å². The third-order valence-corrected chi connectivity index (χ3v) is 8.35. The van der Waals surface area contributed by atoms with Gasteiger partial charge in [0.05, 0.1) is 17.9 Å². The van der Waals surface area contributed by atoms with E-state index in [2.05, 4.69) is 93.9 Å². The number of piperidine rings is 1. The van der Waals surface area contributed by atoms with E-state index in [1.54, 1.807) is 11.2 Å². The first-order valence-electron chi connectivity index (χ1n) is 14.6. The van der Waals surface area contributed by atoms with Gasteiger partial charge in [-0.2, -0.15) is 5.10 Å². The third kappa shape index (κ3) is 5.57. The molecule has 2 N–H and O–H groups in total. The van der Waals surface area contributed by atoms with Crippen LogP contribution in [0.1, 0.15) is 55.2 Å². The number of anilines is 1. The Kier molecular flexibility index (Phi) is 7.49. The van der Waals surface area contributed by atoms with Gasteiger partial charge in [-0.1, -0.05) is 50.2 Å². The van der Waals surface area contributed by atoms with Crippen LogP contribution < -0.4 is 5.32 Å². The highest BCUT2D eigenvalue weighted by atomic mass is 16.2. The molecular formula is C33H39N7O. The summed E-state index contributed by atoms with van der Waals surface area (Å²) in [7, 11) is 3.65. The van der Waals surface area contributed by atoms with Gasteiger partial charge in [-0.3, -0.25) is 9.69 Å². The van der Waals surface area contributed by atoms with E-state index >= 15 is 0 Å². The molecule has 0 radical (unpaired) electrons. The summed E-state index contributed by atoms with van der Waals surface area (Å²) in [5, 5.41) is 9.36. The molecule has 0 atom stereocenters. The summed E-state index contributed by atoms with van der Waals surface area (Å²) in [6.07, 6.45) is 5.81. The van der Waals surface area contributed by atoms with Crippen molar-refractivity contribution in [3.05, 3.63) is 83.8 Å². The molecule has 2 aromatic carbocycles. The number of nitrogens with one attached hydrogen (secondary N) is 2. The number of H-pyrrole nitrogens is 1. The SMILES string of the molecule is CC(C)c1c(-c2cc(NCc3ccccc3)c3ncnn3c2)[nH]c2ccc(C3CCN(CC(=O)N(C)C)CC3)cc12. The number of benzene rings is 2. The lowest BCUT2D eigenvalue weighted by Crippen LogP contribution is -2.40. The van der Waals surface area contributed by atoms with Crippen molar-refractivity contribution in [2.45, 2.75) is 45.1 Å². The van der Waals surface area contributed by atoms with Crippen molar-refractivity contribution in [1.82, 2.24) is 29.4 Å². The molecule has 4 heterocycles. The van der Waals surface area contributed by atoms with E-state index in [0.717, 1.165) is 54.0 Å². The van der Waals surface area contributed by atoms with Gasteiger partial charge in [0.2, 0.25) is 5.91 Å². The normalized spacial score (nSPS) is 14.8. The fourth-order valence-electron chi connectivity index (χ4n) is 6.06. The second-order valence-corrected chi connectivity index (χ2v) is 11.7. The second-order valence-electron chi connectivity index (χ2n) is 11.7. The minimum Gasteiger partial charge on any atom is -0.378 e. The summed E-state index contributed by atoms with van der Waals surface area (Å²) in [4.78, 5) is 24.4. The maximum absolute atomic E-state index is 12.2. The molecule has 1 aliphatic rings. The number of likely N-dealkylation sites (tertiary alicyclic amines) is 1. The number of amides is 1. The molecule has 1 fully saturated rings. The Balaban J connectivity index is 1.30. The Labute approximate surface area is 241 Å². The summed E-state index contributed by atoms with van der Waals surface area (Å²) in [6.45, 7) is 7.66. The van der Waals surface area contributed by atoms with Gasteiger partial charge in [-0.15, -0.1) is 0 Å². The zero-order chi connectivity index (χ0) is 28.5. The lowest BCUT2D eigenvalue weighted by molar-refractivity contribution is -0.130. The topological polar surface area (TPSA) is 81.6 Å². The summed E-state index contributed by atoms with van der Waals surface area (Å²) in [5.41, 5.74) is 9.06. The highest BCUT2D eigenvalue weighted by Crippen LogP contribution is 2.39. The molecule has 3 aromatic heterocycles. The number of hydrogen-bond acceptors (Lipinski definition) is 5. The van der Waals surface area contributed by atoms with Gasteiger partial charge >= 0.3 is 0 Å². The van der Waals surface area contributed by atoms with E-state index in [4.69, 9.17) is 0 Å². The van der Waals surface area contributed by atoms with Crippen molar-refractivity contribution in [1.29, 1.82) is 0 Å². The lowest BCUT2D eigenvalue weighted by atomic mass is 9.87. The number of likely N-dealkylation sites (N-methyl/N-ethyl adjacent to an activating group) is 1. The summed E-state index contributed by atoms with van der Waals surface area (Å²) in [6, 6.07) is 19.5. The molecule has 41 heavy (non-hydrogen) atoms. The number of carbonyl (C=O) groups is 1. The Morgan fingerprint density at radius 1 is 1.10 bits per heavy atom. The number of pyridine rings is 1. The Morgan fingerprint density at radius 2 is 1.88 bits per heavy atom. The predicted octanol–water partition coefficient (Wildman–Crippen LogP) is 5.88. The molecule has 5 aromatic rings. The van der Waals surface area contributed by atoms with Crippen molar-refractivity contribution in [3.63, 3.8) is 0 Å². The van der Waals surface area contributed by atoms with Gasteiger partial charge in [0.1, 0.15) is 6.33 Å². The highest BCUT2D eigenvalue weighted by Gasteiger charge is 2.24. The molecule has 1 aliphatic heterocycles. The molecule has 8 nitrogen and oxygen atoms in total. The first-order valence-corrected chi connectivity index (χ1v) is 14.6. The van der Waals surface area contributed by atoms with Crippen LogP contribution in [0.4, 0.5) is 5.69 Å². The van der Waals surface area contributed by atoms with Crippen LogP contribution in [0, 0.1) is 0 Å². The quantitative estimate of drug-likeness (QED) is 0.253. The van der Waals surface area contributed by atoms with Crippen LogP contribution in [-0.4, -0.2) is 69.0 Å². The Hall–Kier alpha value is -4.17. The first kappa shape index (κ1) is 27.0. The Bertz CT molecular complexity index is 1660. The largest absolute Gasteiger partial charge is 0.378 e. The fourth-order valence-corrected chi connectivity index (χ4v) is 6.06. The zero-order valence-corrected chi connectivity index (χ0v) is 24.4. The molecular weight excluding hydrogens is 510 g/mol. The highest BCUT2D eigenvalue weighted by molar-refractivity contribution is 5.92. The van der Waals surface area contributed by atoms with Crippen molar-refractivity contribution in [2.24, 2.45) is 0 Å². The second kappa shape index (κ2) is 11.4. The van der Waals surface area contributed by atoms with Crippen molar-refractivity contribution in [2.75, 3.05) is 39.0 Å². The monoisotopic (exact) mass is 549 g/mol. The third-order valence-electron chi connectivity index (χ3n) is 8.35. The number of aromatic amines is 1. The maximum atomic E-state index is 12.2. The Morgan fingerprint density at radius 3 is 2.61 bits per heavy atom. The first-order chi connectivity index (χ1) is 19.9. The van der Waals surface area contributed by atoms with Gasteiger partial charge in [-0.25, -0.2) is 9.50 Å². The average molecular weight is 550 g/mol. The molecule has 1 amide bonds. The van der Waals surface area contributed by atoms with Crippen LogP contribution in [0.25, 0.3) is 27.8 Å². The summed E-state index contributed by atoms with van der Waals surface area (Å²) in [5.74, 6) is 1.01. The van der Waals surface area contributed by atoms with Crippen molar-refractivity contribution in [3.8, 4) is 11.3 Å². The molecule has 0 aliphatic carbocycles. The molecule has 6 rings (SSSR count). The van der Waals surface area contributed by atoms with E-state index in [0.29, 0.717) is 24.9 Å². The number of hydrogen-bond donors (Lipinski definition) is 2. The average Bonchev–Trinajstić information content (AvgIpc) is 3.61. The van der Waals surface area contributed by atoms with Crippen LogP contribution in [0.2, 0.25) is 0 Å². The van der Waals surface area contributed by atoms with Crippen LogP contribution in [-0.2, 0) is 11.3 Å². The summed E-state index contributed by atoms with van der Waals surface area (Å²) >= 11 is 0. The molecule has 0 bridgehead atoms. The van der Waals surface area contributed by atoms with Gasteiger partial charge in [0.15, 0.2) is 5.65 Å². The molecule has 8 heteroatoms.